The number of rotatable bonds is 8. The van der Waals surface area contributed by atoms with Crippen LogP contribution in [0.1, 0.15) is 45.6 Å². The minimum atomic E-state index is -0.378. The fourth-order valence-electron chi connectivity index (χ4n) is 3.28. The van der Waals surface area contributed by atoms with E-state index in [1.807, 2.05) is 36.4 Å². The number of nitrogens with zero attached hydrogens (tertiary/aromatic N) is 2. The van der Waals surface area contributed by atoms with E-state index in [9.17, 15) is 9.59 Å². The number of carbonyl (C=O) groups is 2. The molecule has 2 heterocycles. The molecule has 1 N–H and O–H groups in total. The van der Waals surface area contributed by atoms with Gasteiger partial charge in [-0.05, 0) is 43.4 Å². The average molecular weight is 456 g/mol. The molecule has 1 amide bonds. The summed E-state index contributed by atoms with van der Waals surface area (Å²) in [6.45, 7) is 2.07. The summed E-state index contributed by atoms with van der Waals surface area (Å²) in [4.78, 5) is 26.0. The zero-order chi connectivity index (χ0) is 21.6. The molecule has 7 nitrogen and oxygen atoms in total. The number of benzene rings is 1. The van der Waals surface area contributed by atoms with E-state index in [-0.39, 0.29) is 17.6 Å². The van der Waals surface area contributed by atoms with Crippen molar-refractivity contribution in [2.75, 3.05) is 17.7 Å². The molecule has 0 aliphatic heterocycles. The van der Waals surface area contributed by atoms with Crippen LogP contribution >= 0.6 is 23.1 Å². The first-order chi connectivity index (χ1) is 15.1. The Labute approximate surface area is 187 Å². The number of hydrogen-bond donors (Lipinski definition) is 1. The van der Waals surface area contributed by atoms with Gasteiger partial charge >= 0.3 is 5.97 Å². The van der Waals surface area contributed by atoms with E-state index in [4.69, 9.17) is 9.15 Å². The number of thioether (sulfide) groups is 1. The molecule has 0 atom stereocenters. The monoisotopic (exact) mass is 455 g/mol. The third kappa shape index (κ3) is 5.23. The van der Waals surface area contributed by atoms with Gasteiger partial charge in [0.1, 0.15) is 5.00 Å². The Morgan fingerprint density at radius 3 is 2.87 bits per heavy atom. The summed E-state index contributed by atoms with van der Waals surface area (Å²) >= 11 is 2.61. The number of amides is 1. The molecule has 0 saturated heterocycles. The molecule has 31 heavy (non-hydrogen) atoms. The van der Waals surface area contributed by atoms with Crippen molar-refractivity contribution in [1.82, 2.24) is 10.2 Å². The number of anilines is 1. The van der Waals surface area contributed by atoms with Gasteiger partial charge in [0.05, 0.1) is 17.9 Å². The normalized spacial score (nSPS) is 12.8. The van der Waals surface area contributed by atoms with Gasteiger partial charge in [0.15, 0.2) is 0 Å². The highest BCUT2D eigenvalue weighted by molar-refractivity contribution is 7.99. The summed E-state index contributed by atoms with van der Waals surface area (Å²) in [5.74, 6) is -0.160. The SMILES string of the molecule is CCOC(=O)c1c(NC(=O)CSc2nnc(/C=C/c3ccccc3)o2)sc2c1CCC2. The Hall–Kier alpha value is -2.91. The standard InChI is InChI=1S/C22H21N3O4S2/c1-2-28-21(27)19-15-9-6-10-16(15)31-20(19)23-17(26)13-30-22-25-24-18(29-22)12-11-14-7-4-3-5-8-14/h3-5,7-8,11-12H,2,6,9-10,13H2,1H3,(H,23,26)/b12-11+. The highest BCUT2D eigenvalue weighted by atomic mass is 32.2. The topological polar surface area (TPSA) is 94.3 Å². The molecular weight excluding hydrogens is 434 g/mol. The van der Waals surface area contributed by atoms with E-state index in [0.717, 1.165) is 47.0 Å². The first-order valence-corrected chi connectivity index (χ1v) is 11.7. The molecule has 0 unspecified atom stereocenters. The first kappa shape index (κ1) is 21.3. The number of carbonyl (C=O) groups excluding carboxylic acids is 2. The lowest BCUT2D eigenvalue weighted by Gasteiger charge is -2.07. The minimum Gasteiger partial charge on any atom is -0.462 e. The summed E-state index contributed by atoms with van der Waals surface area (Å²) in [5, 5.41) is 11.7. The number of aryl methyl sites for hydroxylation is 1. The highest BCUT2D eigenvalue weighted by Gasteiger charge is 2.28. The van der Waals surface area contributed by atoms with Crippen LogP contribution in [0.3, 0.4) is 0 Å². The second kappa shape index (κ2) is 9.93. The Morgan fingerprint density at radius 2 is 2.06 bits per heavy atom. The number of hydrogen-bond acceptors (Lipinski definition) is 8. The predicted octanol–water partition coefficient (Wildman–Crippen LogP) is 4.70. The fourth-order valence-corrected chi connectivity index (χ4v) is 5.14. The molecule has 3 aromatic rings. The lowest BCUT2D eigenvalue weighted by Crippen LogP contribution is -2.16. The number of ether oxygens (including phenoxy) is 1. The van der Waals surface area contributed by atoms with Crippen molar-refractivity contribution >= 4 is 52.1 Å². The lowest BCUT2D eigenvalue weighted by molar-refractivity contribution is -0.113. The van der Waals surface area contributed by atoms with Gasteiger partial charge in [-0.2, -0.15) is 0 Å². The fraction of sp³-hybridized carbons (Fsp3) is 0.273. The zero-order valence-electron chi connectivity index (χ0n) is 16.9. The van der Waals surface area contributed by atoms with Crippen molar-refractivity contribution in [3.8, 4) is 0 Å². The van der Waals surface area contributed by atoms with Gasteiger partial charge in [0, 0.05) is 11.0 Å². The molecule has 0 radical (unpaired) electrons. The van der Waals surface area contributed by atoms with E-state index in [1.165, 1.54) is 11.3 Å². The molecule has 1 aliphatic carbocycles. The maximum Gasteiger partial charge on any atom is 0.341 e. The molecule has 0 fully saturated rings. The lowest BCUT2D eigenvalue weighted by atomic mass is 10.1. The maximum atomic E-state index is 12.5. The number of thiophene rings is 1. The molecule has 9 heteroatoms. The van der Waals surface area contributed by atoms with Crippen molar-refractivity contribution in [3.05, 3.63) is 57.8 Å². The molecular formula is C22H21N3O4S2. The second-order valence-corrected chi connectivity index (χ2v) is 8.80. The number of fused-ring (bicyclic) bond motifs is 1. The van der Waals surface area contributed by atoms with Gasteiger partial charge in [-0.15, -0.1) is 21.5 Å². The highest BCUT2D eigenvalue weighted by Crippen LogP contribution is 2.39. The van der Waals surface area contributed by atoms with Crippen molar-refractivity contribution < 1.29 is 18.7 Å². The summed E-state index contributed by atoms with van der Waals surface area (Å²) in [5.41, 5.74) is 2.54. The molecule has 2 aromatic heterocycles. The van der Waals surface area contributed by atoms with Crippen LogP contribution in [0.25, 0.3) is 12.2 Å². The van der Waals surface area contributed by atoms with Gasteiger partial charge in [-0.25, -0.2) is 4.79 Å². The quantitative estimate of drug-likeness (QED) is 0.389. The van der Waals surface area contributed by atoms with Crippen molar-refractivity contribution in [2.24, 2.45) is 0 Å². The Kier molecular flexibility index (Phi) is 6.83. The Morgan fingerprint density at radius 1 is 1.23 bits per heavy atom. The maximum absolute atomic E-state index is 12.5. The molecule has 0 bridgehead atoms. The minimum absolute atomic E-state index is 0.0921. The van der Waals surface area contributed by atoms with Gasteiger partial charge in [-0.3, -0.25) is 4.79 Å². The molecule has 0 spiro atoms. The van der Waals surface area contributed by atoms with Crippen LogP contribution in [0.2, 0.25) is 0 Å². The van der Waals surface area contributed by atoms with E-state index < -0.39 is 0 Å². The zero-order valence-corrected chi connectivity index (χ0v) is 18.6. The predicted molar refractivity (Wildman–Crippen MR) is 121 cm³/mol. The molecule has 160 valence electrons. The summed E-state index contributed by atoms with van der Waals surface area (Å²) in [6, 6.07) is 9.78. The van der Waals surface area contributed by atoms with Crippen molar-refractivity contribution in [3.63, 3.8) is 0 Å². The van der Waals surface area contributed by atoms with Gasteiger partial charge in [0.25, 0.3) is 5.22 Å². The Balaban J connectivity index is 1.36. The summed E-state index contributed by atoms with van der Waals surface area (Å²) < 4.78 is 10.7. The van der Waals surface area contributed by atoms with E-state index in [2.05, 4.69) is 15.5 Å². The van der Waals surface area contributed by atoms with Crippen LogP contribution in [-0.4, -0.2) is 34.4 Å². The van der Waals surface area contributed by atoms with Crippen molar-refractivity contribution in [1.29, 1.82) is 0 Å². The van der Waals surface area contributed by atoms with Gasteiger partial charge in [0.2, 0.25) is 11.8 Å². The second-order valence-electron chi connectivity index (χ2n) is 6.77. The largest absolute Gasteiger partial charge is 0.462 e. The van der Waals surface area contributed by atoms with E-state index >= 15 is 0 Å². The molecule has 1 aliphatic rings. The van der Waals surface area contributed by atoms with Gasteiger partial charge in [-0.1, -0.05) is 42.1 Å². The van der Waals surface area contributed by atoms with Crippen molar-refractivity contribution in [2.45, 2.75) is 31.4 Å². The van der Waals surface area contributed by atoms with Crippen LogP contribution < -0.4 is 5.32 Å². The van der Waals surface area contributed by atoms with E-state index in [1.54, 1.807) is 13.0 Å². The third-order valence-electron chi connectivity index (χ3n) is 4.62. The number of nitrogens with one attached hydrogen (secondary N) is 1. The van der Waals surface area contributed by atoms with E-state index in [0.29, 0.717) is 28.3 Å². The van der Waals surface area contributed by atoms with Crippen LogP contribution in [0, 0.1) is 0 Å². The smallest absolute Gasteiger partial charge is 0.341 e. The van der Waals surface area contributed by atoms with Crippen LogP contribution in [0.4, 0.5) is 5.00 Å². The third-order valence-corrected chi connectivity index (χ3v) is 6.65. The van der Waals surface area contributed by atoms with Crippen LogP contribution in [0.5, 0.6) is 0 Å². The Bertz CT molecular complexity index is 1110. The number of esters is 1. The molecule has 1 aromatic carbocycles. The first-order valence-electron chi connectivity index (χ1n) is 9.95. The van der Waals surface area contributed by atoms with Crippen LogP contribution in [0.15, 0.2) is 40.0 Å². The summed E-state index contributed by atoms with van der Waals surface area (Å²) in [7, 11) is 0. The van der Waals surface area contributed by atoms with Gasteiger partial charge < -0.3 is 14.5 Å². The average Bonchev–Trinajstić information content (AvgIpc) is 3.48. The molecule has 0 saturated carbocycles. The molecule has 4 rings (SSSR count). The summed E-state index contributed by atoms with van der Waals surface area (Å²) in [6.07, 6.45) is 6.40. The number of aromatic nitrogens is 2. The van der Waals surface area contributed by atoms with Crippen LogP contribution in [-0.2, 0) is 22.4 Å².